The van der Waals surface area contributed by atoms with Gasteiger partial charge in [0, 0.05) is 32.0 Å². The number of nitrogens with zero attached hydrogens (tertiary/aromatic N) is 1. The fourth-order valence-corrected chi connectivity index (χ4v) is 1.16. The van der Waals surface area contributed by atoms with Crippen molar-refractivity contribution in [2.24, 2.45) is 16.8 Å². The maximum Gasteiger partial charge on any atom is 0.223 e. The van der Waals surface area contributed by atoms with E-state index in [4.69, 9.17) is 10.9 Å². The predicted molar refractivity (Wildman–Crippen MR) is 56.6 cm³/mol. The van der Waals surface area contributed by atoms with Gasteiger partial charge in [0.1, 0.15) is 5.84 Å². The molecule has 0 radical (unpaired) electrons. The summed E-state index contributed by atoms with van der Waals surface area (Å²) in [6.45, 7) is 1.98. The Kier molecular flexibility index (Phi) is 4.89. The SMILES string of the molecule is NC(CCNCCNC(=O)C1CC1)=NO. The highest BCUT2D eigenvalue weighted by Crippen LogP contribution is 2.28. The minimum atomic E-state index is 0.160. The monoisotopic (exact) mass is 214 g/mol. The van der Waals surface area contributed by atoms with E-state index in [2.05, 4.69) is 15.8 Å². The Labute approximate surface area is 88.9 Å². The molecular formula is C9H18N4O2. The lowest BCUT2D eigenvalue weighted by atomic mass is 10.4. The molecule has 1 rings (SSSR count). The third-order valence-corrected chi connectivity index (χ3v) is 2.24. The number of oxime groups is 1. The van der Waals surface area contributed by atoms with Gasteiger partial charge in [-0.15, -0.1) is 0 Å². The fraction of sp³-hybridized carbons (Fsp3) is 0.778. The van der Waals surface area contributed by atoms with Crippen molar-refractivity contribution in [3.63, 3.8) is 0 Å². The Bertz CT molecular complexity index is 238. The first kappa shape index (κ1) is 11.8. The zero-order valence-corrected chi connectivity index (χ0v) is 8.70. The summed E-state index contributed by atoms with van der Waals surface area (Å²) >= 11 is 0. The maximum atomic E-state index is 11.2. The van der Waals surface area contributed by atoms with Crippen molar-refractivity contribution in [3.05, 3.63) is 0 Å². The van der Waals surface area contributed by atoms with E-state index in [-0.39, 0.29) is 17.7 Å². The molecule has 0 aliphatic heterocycles. The van der Waals surface area contributed by atoms with Gasteiger partial charge >= 0.3 is 0 Å². The van der Waals surface area contributed by atoms with Gasteiger partial charge < -0.3 is 21.6 Å². The van der Waals surface area contributed by atoms with Crippen molar-refractivity contribution in [3.8, 4) is 0 Å². The van der Waals surface area contributed by atoms with Crippen LogP contribution in [0, 0.1) is 5.92 Å². The predicted octanol–water partition coefficient (Wildman–Crippen LogP) is -0.761. The molecule has 0 spiro atoms. The quantitative estimate of drug-likeness (QED) is 0.147. The van der Waals surface area contributed by atoms with Crippen molar-refractivity contribution < 1.29 is 10.0 Å². The number of nitrogens with two attached hydrogens (primary N) is 1. The van der Waals surface area contributed by atoms with Crippen molar-refractivity contribution in [2.45, 2.75) is 19.3 Å². The molecule has 1 aliphatic rings. The lowest BCUT2D eigenvalue weighted by molar-refractivity contribution is -0.122. The van der Waals surface area contributed by atoms with Gasteiger partial charge in [-0.3, -0.25) is 4.79 Å². The molecule has 1 amide bonds. The molecule has 0 unspecified atom stereocenters. The summed E-state index contributed by atoms with van der Waals surface area (Å²) in [7, 11) is 0. The van der Waals surface area contributed by atoms with E-state index in [1.807, 2.05) is 0 Å². The van der Waals surface area contributed by atoms with E-state index < -0.39 is 0 Å². The van der Waals surface area contributed by atoms with Crippen LogP contribution in [0.4, 0.5) is 0 Å². The summed E-state index contributed by atoms with van der Waals surface area (Å²) in [6.07, 6.45) is 2.57. The van der Waals surface area contributed by atoms with Crippen molar-refractivity contribution >= 4 is 11.7 Å². The minimum absolute atomic E-state index is 0.160. The van der Waals surface area contributed by atoms with Gasteiger partial charge in [0.15, 0.2) is 0 Å². The van der Waals surface area contributed by atoms with E-state index in [1.165, 1.54) is 0 Å². The first-order chi connectivity index (χ1) is 7.24. The van der Waals surface area contributed by atoms with Crippen LogP contribution in [-0.4, -0.2) is 36.6 Å². The molecule has 86 valence electrons. The van der Waals surface area contributed by atoms with Crippen LogP contribution in [0.25, 0.3) is 0 Å². The number of rotatable bonds is 7. The minimum Gasteiger partial charge on any atom is -0.409 e. The van der Waals surface area contributed by atoms with Gasteiger partial charge in [0.2, 0.25) is 5.91 Å². The van der Waals surface area contributed by atoms with Gasteiger partial charge in [-0.25, -0.2) is 0 Å². The molecule has 15 heavy (non-hydrogen) atoms. The van der Waals surface area contributed by atoms with Crippen LogP contribution in [0.1, 0.15) is 19.3 Å². The third kappa shape index (κ3) is 5.21. The van der Waals surface area contributed by atoms with Crippen molar-refractivity contribution in [1.29, 1.82) is 0 Å². The smallest absolute Gasteiger partial charge is 0.223 e. The molecule has 1 saturated carbocycles. The van der Waals surface area contributed by atoms with E-state index >= 15 is 0 Å². The second-order valence-corrected chi connectivity index (χ2v) is 3.66. The van der Waals surface area contributed by atoms with Crippen LogP contribution in [0.5, 0.6) is 0 Å². The van der Waals surface area contributed by atoms with Gasteiger partial charge in [-0.2, -0.15) is 0 Å². The summed E-state index contributed by atoms with van der Waals surface area (Å²) < 4.78 is 0. The van der Waals surface area contributed by atoms with Crippen LogP contribution in [0.15, 0.2) is 5.16 Å². The van der Waals surface area contributed by atoms with Gasteiger partial charge in [-0.05, 0) is 12.8 Å². The first-order valence-corrected chi connectivity index (χ1v) is 5.19. The summed E-state index contributed by atoms with van der Waals surface area (Å²) in [5.41, 5.74) is 5.27. The number of hydrogen-bond donors (Lipinski definition) is 4. The molecule has 1 aliphatic carbocycles. The zero-order chi connectivity index (χ0) is 11.1. The molecule has 0 heterocycles. The lowest BCUT2D eigenvalue weighted by Crippen LogP contribution is -2.33. The zero-order valence-electron chi connectivity index (χ0n) is 8.70. The highest BCUT2D eigenvalue weighted by atomic mass is 16.4. The largest absolute Gasteiger partial charge is 0.409 e. The van der Waals surface area contributed by atoms with E-state index in [1.54, 1.807) is 0 Å². The molecule has 0 bridgehead atoms. The third-order valence-electron chi connectivity index (χ3n) is 2.24. The normalized spacial score (nSPS) is 16.4. The molecule has 0 aromatic rings. The fourth-order valence-electron chi connectivity index (χ4n) is 1.16. The lowest BCUT2D eigenvalue weighted by Gasteiger charge is -2.05. The molecule has 6 nitrogen and oxygen atoms in total. The van der Waals surface area contributed by atoms with Crippen LogP contribution in [0.2, 0.25) is 0 Å². The molecule has 1 fully saturated rings. The van der Waals surface area contributed by atoms with Gasteiger partial charge in [0.05, 0.1) is 0 Å². The second kappa shape index (κ2) is 6.23. The number of carbonyl (C=O) groups excluding carboxylic acids is 1. The number of amides is 1. The van der Waals surface area contributed by atoms with Gasteiger partial charge in [-0.1, -0.05) is 5.16 Å². The Morgan fingerprint density at radius 1 is 1.40 bits per heavy atom. The van der Waals surface area contributed by atoms with Crippen molar-refractivity contribution in [1.82, 2.24) is 10.6 Å². The van der Waals surface area contributed by atoms with E-state index in [9.17, 15) is 4.79 Å². The molecule has 0 saturated heterocycles. The Morgan fingerprint density at radius 3 is 2.73 bits per heavy atom. The first-order valence-electron chi connectivity index (χ1n) is 5.19. The average Bonchev–Trinajstić information content (AvgIpc) is 3.05. The van der Waals surface area contributed by atoms with E-state index in [0.29, 0.717) is 26.1 Å². The number of carbonyl (C=O) groups is 1. The Hall–Kier alpha value is -1.30. The molecule has 6 heteroatoms. The van der Waals surface area contributed by atoms with Gasteiger partial charge in [0.25, 0.3) is 0 Å². The standard InChI is InChI=1S/C9H18N4O2/c10-8(13-15)3-4-11-5-6-12-9(14)7-1-2-7/h7,11,15H,1-6H2,(H2,10,13)(H,12,14). The topological polar surface area (TPSA) is 99.7 Å². The Balaban J connectivity index is 1.86. The highest BCUT2D eigenvalue weighted by molar-refractivity contribution is 5.80. The highest BCUT2D eigenvalue weighted by Gasteiger charge is 2.28. The summed E-state index contributed by atoms with van der Waals surface area (Å²) in [4.78, 5) is 11.2. The summed E-state index contributed by atoms with van der Waals surface area (Å²) in [5, 5.41) is 17.0. The molecular weight excluding hydrogens is 196 g/mol. The molecule has 0 atom stereocenters. The summed E-state index contributed by atoms with van der Waals surface area (Å²) in [6, 6.07) is 0. The molecule has 5 N–H and O–H groups in total. The molecule has 0 aromatic heterocycles. The average molecular weight is 214 g/mol. The maximum absolute atomic E-state index is 11.2. The van der Waals surface area contributed by atoms with Crippen LogP contribution in [-0.2, 0) is 4.79 Å². The number of nitrogens with one attached hydrogen (secondary N) is 2. The van der Waals surface area contributed by atoms with E-state index in [0.717, 1.165) is 12.8 Å². The number of amidine groups is 1. The Morgan fingerprint density at radius 2 is 2.13 bits per heavy atom. The van der Waals surface area contributed by atoms with Crippen LogP contribution < -0.4 is 16.4 Å². The second-order valence-electron chi connectivity index (χ2n) is 3.66. The summed E-state index contributed by atoms with van der Waals surface area (Å²) in [5.74, 6) is 0.639. The van der Waals surface area contributed by atoms with Crippen LogP contribution >= 0.6 is 0 Å². The molecule has 0 aromatic carbocycles. The van der Waals surface area contributed by atoms with Crippen LogP contribution in [0.3, 0.4) is 0 Å². The number of hydrogen-bond acceptors (Lipinski definition) is 4. The van der Waals surface area contributed by atoms with Crippen molar-refractivity contribution in [2.75, 3.05) is 19.6 Å².